The molecule has 0 aliphatic carbocycles. The van der Waals surface area contributed by atoms with Crippen molar-refractivity contribution in [2.75, 3.05) is 6.79 Å². The van der Waals surface area contributed by atoms with Crippen LogP contribution in [0, 0.1) is 6.92 Å². The van der Waals surface area contributed by atoms with E-state index in [1.54, 1.807) is 49.4 Å². The lowest BCUT2D eigenvalue weighted by molar-refractivity contribution is 0.0732. The number of ether oxygens (including phenoxy) is 4. The van der Waals surface area contributed by atoms with E-state index in [0.717, 1.165) is 0 Å². The van der Waals surface area contributed by atoms with Crippen LogP contribution in [-0.4, -0.2) is 18.5 Å². The average molecular weight is 390 g/mol. The molecule has 7 nitrogen and oxygen atoms in total. The van der Waals surface area contributed by atoms with E-state index in [1.807, 2.05) is 0 Å². The fourth-order valence-electron chi connectivity index (χ4n) is 3.16. The topological polar surface area (TPSA) is 84.2 Å². The summed E-state index contributed by atoms with van der Waals surface area (Å²) in [5.41, 5.74) is 1.28. The Morgan fingerprint density at radius 2 is 1.97 bits per heavy atom. The van der Waals surface area contributed by atoms with Crippen LogP contribution in [0.4, 0.5) is 0 Å². The predicted molar refractivity (Wildman–Crippen MR) is 100 cm³/mol. The molecule has 0 radical (unpaired) electrons. The molecule has 0 N–H and O–H groups in total. The fourth-order valence-corrected chi connectivity index (χ4v) is 3.16. The fraction of sp³-hybridized carbons (Fsp3) is 0.0909. The van der Waals surface area contributed by atoms with E-state index in [0.29, 0.717) is 45.4 Å². The van der Waals surface area contributed by atoms with Gasteiger partial charge in [0.15, 0.2) is 17.3 Å². The van der Waals surface area contributed by atoms with Gasteiger partial charge in [-0.15, -0.1) is 0 Å². The quantitative estimate of drug-likeness (QED) is 0.377. The Kier molecular flexibility index (Phi) is 3.87. The van der Waals surface area contributed by atoms with E-state index in [9.17, 15) is 9.59 Å². The molecular formula is C22H14O7. The summed E-state index contributed by atoms with van der Waals surface area (Å²) in [4.78, 5) is 25.1. The third-order valence-corrected chi connectivity index (χ3v) is 4.66. The van der Waals surface area contributed by atoms with Gasteiger partial charge < -0.3 is 23.4 Å². The largest absolute Gasteiger partial charge is 0.465 e. The van der Waals surface area contributed by atoms with E-state index in [1.165, 1.54) is 12.3 Å². The van der Waals surface area contributed by atoms with Crippen molar-refractivity contribution in [2.24, 2.45) is 0 Å². The number of fused-ring (bicyclic) bond motifs is 2. The first-order chi connectivity index (χ1) is 14.1. The van der Waals surface area contributed by atoms with Crippen LogP contribution in [0.5, 0.6) is 23.0 Å². The summed E-state index contributed by atoms with van der Waals surface area (Å²) in [6, 6.07) is 11.4. The standard InChI is InChI=1S/C22H14O7/c1-12-16(29-22(24)13-4-6-17-18(9-13)27-11-26-17)7-5-15-20(23)19(28-21(12)15)10-14-3-2-8-25-14/h2-10H,11H2,1H3/b19-10+. The Hall–Kier alpha value is -4.00. The van der Waals surface area contributed by atoms with Crippen molar-refractivity contribution in [1.82, 2.24) is 0 Å². The minimum Gasteiger partial charge on any atom is -0.465 e. The van der Waals surface area contributed by atoms with Crippen molar-refractivity contribution in [3.63, 3.8) is 0 Å². The smallest absolute Gasteiger partial charge is 0.343 e. The lowest BCUT2D eigenvalue weighted by atomic mass is 10.1. The van der Waals surface area contributed by atoms with Crippen molar-refractivity contribution >= 4 is 17.8 Å². The van der Waals surface area contributed by atoms with Crippen LogP contribution in [0.15, 0.2) is 58.9 Å². The van der Waals surface area contributed by atoms with E-state index in [2.05, 4.69) is 0 Å². The molecule has 0 saturated heterocycles. The van der Waals surface area contributed by atoms with Gasteiger partial charge in [0, 0.05) is 11.6 Å². The van der Waals surface area contributed by atoms with Crippen molar-refractivity contribution in [3.8, 4) is 23.0 Å². The lowest BCUT2D eigenvalue weighted by Crippen LogP contribution is -2.09. The zero-order valence-electron chi connectivity index (χ0n) is 15.3. The predicted octanol–water partition coefficient (Wildman–Crippen LogP) is 4.15. The van der Waals surface area contributed by atoms with Crippen LogP contribution in [-0.2, 0) is 0 Å². The number of esters is 1. The number of furan rings is 1. The Balaban J connectivity index is 1.41. The number of hydrogen-bond donors (Lipinski definition) is 0. The molecule has 0 fully saturated rings. The molecule has 2 aromatic carbocycles. The first-order valence-electron chi connectivity index (χ1n) is 8.83. The highest BCUT2D eigenvalue weighted by Crippen LogP contribution is 2.40. The zero-order chi connectivity index (χ0) is 20.0. The second kappa shape index (κ2) is 6.56. The molecular weight excluding hydrogens is 376 g/mol. The van der Waals surface area contributed by atoms with Crippen LogP contribution in [0.25, 0.3) is 6.08 Å². The Morgan fingerprint density at radius 1 is 1.10 bits per heavy atom. The molecule has 0 bridgehead atoms. The minimum absolute atomic E-state index is 0.122. The average Bonchev–Trinajstić information content (AvgIpc) is 3.46. The lowest BCUT2D eigenvalue weighted by Gasteiger charge is -2.10. The maximum atomic E-state index is 12.6. The SMILES string of the molecule is Cc1c(OC(=O)c2ccc3c(c2)OCO3)ccc2c1O/C(=C/c1ccco1)C2=O. The molecule has 1 aromatic heterocycles. The molecule has 3 heterocycles. The Bertz CT molecular complexity index is 1170. The molecule has 0 amide bonds. The number of Topliss-reactive ketones (excluding diaryl/α,β-unsaturated/α-hetero) is 1. The van der Waals surface area contributed by atoms with Crippen LogP contribution in [0.2, 0.25) is 0 Å². The molecule has 0 saturated carbocycles. The molecule has 5 rings (SSSR count). The second-order valence-corrected chi connectivity index (χ2v) is 6.48. The summed E-state index contributed by atoms with van der Waals surface area (Å²) < 4.78 is 27.0. The highest BCUT2D eigenvalue weighted by molar-refractivity contribution is 6.14. The number of carbonyl (C=O) groups is 2. The third kappa shape index (κ3) is 2.93. The summed E-state index contributed by atoms with van der Waals surface area (Å²) in [6.45, 7) is 1.85. The number of ketones is 1. The number of carbonyl (C=O) groups excluding carboxylic acids is 2. The molecule has 0 spiro atoms. The van der Waals surface area contributed by atoms with Crippen LogP contribution in [0.1, 0.15) is 32.0 Å². The summed E-state index contributed by atoms with van der Waals surface area (Å²) in [6.07, 6.45) is 3.04. The van der Waals surface area contributed by atoms with Gasteiger partial charge in [0.2, 0.25) is 12.6 Å². The third-order valence-electron chi connectivity index (χ3n) is 4.66. The molecule has 144 valence electrons. The molecule has 29 heavy (non-hydrogen) atoms. The summed E-state index contributed by atoms with van der Waals surface area (Å²) in [7, 11) is 0. The van der Waals surface area contributed by atoms with Crippen molar-refractivity contribution in [1.29, 1.82) is 0 Å². The zero-order valence-corrected chi connectivity index (χ0v) is 15.3. The van der Waals surface area contributed by atoms with E-state index in [4.69, 9.17) is 23.4 Å². The number of benzene rings is 2. The molecule has 2 aliphatic heterocycles. The van der Waals surface area contributed by atoms with Gasteiger partial charge in [-0.05, 0) is 49.4 Å². The van der Waals surface area contributed by atoms with Gasteiger partial charge in [-0.2, -0.15) is 0 Å². The first-order valence-corrected chi connectivity index (χ1v) is 8.83. The van der Waals surface area contributed by atoms with Crippen molar-refractivity contribution in [3.05, 3.63) is 76.9 Å². The number of rotatable bonds is 3. The Labute approximate surface area is 165 Å². The monoisotopic (exact) mass is 390 g/mol. The van der Waals surface area contributed by atoms with Crippen molar-refractivity contribution in [2.45, 2.75) is 6.92 Å². The van der Waals surface area contributed by atoms with Gasteiger partial charge in [-0.25, -0.2) is 4.79 Å². The van der Waals surface area contributed by atoms with Gasteiger partial charge in [-0.3, -0.25) is 4.79 Å². The van der Waals surface area contributed by atoms with Crippen molar-refractivity contribution < 1.29 is 33.0 Å². The normalized spacial score (nSPS) is 15.3. The highest BCUT2D eigenvalue weighted by atomic mass is 16.7. The van der Waals surface area contributed by atoms with E-state index in [-0.39, 0.29) is 18.3 Å². The number of hydrogen-bond acceptors (Lipinski definition) is 7. The van der Waals surface area contributed by atoms with Crippen LogP contribution >= 0.6 is 0 Å². The van der Waals surface area contributed by atoms with Gasteiger partial charge in [0.25, 0.3) is 0 Å². The summed E-state index contributed by atoms with van der Waals surface area (Å²) in [5.74, 6) is 1.59. The van der Waals surface area contributed by atoms with Gasteiger partial charge in [0.1, 0.15) is 17.3 Å². The van der Waals surface area contributed by atoms with Crippen LogP contribution in [0.3, 0.4) is 0 Å². The van der Waals surface area contributed by atoms with Gasteiger partial charge >= 0.3 is 5.97 Å². The summed E-state index contributed by atoms with van der Waals surface area (Å²) >= 11 is 0. The maximum Gasteiger partial charge on any atom is 0.343 e. The maximum absolute atomic E-state index is 12.6. The molecule has 7 heteroatoms. The minimum atomic E-state index is -0.554. The number of allylic oxidation sites excluding steroid dienone is 1. The van der Waals surface area contributed by atoms with E-state index < -0.39 is 5.97 Å². The first kappa shape index (κ1) is 17.1. The highest BCUT2D eigenvalue weighted by Gasteiger charge is 2.31. The summed E-state index contributed by atoms with van der Waals surface area (Å²) in [5, 5.41) is 0. The van der Waals surface area contributed by atoms with Gasteiger partial charge in [-0.1, -0.05) is 0 Å². The second-order valence-electron chi connectivity index (χ2n) is 6.48. The van der Waals surface area contributed by atoms with Crippen LogP contribution < -0.4 is 18.9 Å². The molecule has 3 aromatic rings. The molecule has 0 unspecified atom stereocenters. The molecule has 2 aliphatic rings. The molecule has 0 atom stereocenters. The van der Waals surface area contributed by atoms with E-state index >= 15 is 0 Å². The Morgan fingerprint density at radius 3 is 2.79 bits per heavy atom. The van der Waals surface area contributed by atoms with Gasteiger partial charge in [0.05, 0.1) is 17.4 Å².